The van der Waals surface area contributed by atoms with E-state index in [0.29, 0.717) is 12.8 Å². The highest BCUT2D eigenvalue weighted by molar-refractivity contribution is 6.25. The van der Waals surface area contributed by atoms with Crippen molar-refractivity contribution in [1.82, 2.24) is 0 Å². The van der Waals surface area contributed by atoms with E-state index in [1.807, 2.05) is 0 Å². The molecule has 68 valence electrons. The van der Waals surface area contributed by atoms with Crippen molar-refractivity contribution >= 4 is 23.2 Å². The summed E-state index contributed by atoms with van der Waals surface area (Å²) in [6, 6.07) is 0. The molecule has 2 nitrogen and oxygen atoms in total. The molecule has 0 bridgehead atoms. The molecule has 0 aromatic rings. The Labute approximate surface area is 77.3 Å². The molecule has 1 rings (SSSR count). The zero-order chi connectivity index (χ0) is 9.14. The molecule has 0 aromatic carbocycles. The lowest BCUT2D eigenvalue weighted by Gasteiger charge is -2.23. The standard InChI is InChI=1S/C9H13ClO2/c1-2-7(11)9-6(10)4-3-5-8(9)12/h6,9H,2-5H2,1H3. The first-order valence-electron chi connectivity index (χ1n) is 4.36. The molecule has 0 aromatic heterocycles. The number of halogens is 1. The van der Waals surface area contributed by atoms with E-state index in [1.165, 1.54) is 0 Å². The molecule has 0 spiro atoms. The van der Waals surface area contributed by atoms with Crippen LogP contribution in [0.5, 0.6) is 0 Å². The van der Waals surface area contributed by atoms with Crippen molar-refractivity contribution in [1.29, 1.82) is 0 Å². The van der Waals surface area contributed by atoms with Crippen LogP contribution in [0.1, 0.15) is 32.6 Å². The lowest BCUT2D eigenvalue weighted by molar-refractivity contribution is -0.133. The van der Waals surface area contributed by atoms with Crippen LogP contribution in [-0.4, -0.2) is 16.9 Å². The molecule has 1 aliphatic rings. The highest BCUT2D eigenvalue weighted by Gasteiger charge is 2.34. The maximum Gasteiger partial charge on any atom is 0.144 e. The third-order valence-corrected chi connectivity index (χ3v) is 2.78. The Hall–Kier alpha value is -0.370. The van der Waals surface area contributed by atoms with Crippen molar-refractivity contribution in [2.24, 2.45) is 5.92 Å². The average Bonchev–Trinajstić information content (AvgIpc) is 2.03. The third-order valence-electron chi connectivity index (χ3n) is 2.31. The summed E-state index contributed by atoms with van der Waals surface area (Å²) in [5.74, 6) is -0.474. The molecule has 0 heterocycles. The molecular weight excluding hydrogens is 176 g/mol. The Balaban J connectivity index is 2.69. The minimum absolute atomic E-state index is 0.000278. The van der Waals surface area contributed by atoms with Crippen molar-refractivity contribution in [3.05, 3.63) is 0 Å². The van der Waals surface area contributed by atoms with E-state index < -0.39 is 5.92 Å². The van der Waals surface area contributed by atoms with Gasteiger partial charge in [-0.05, 0) is 12.8 Å². The maximum atomic E-state index is 11.3. The summed E-state index contributed by atoms with van der Waals surface area (Å²) in [4.78, 5) is 22.6. The maximum absolute atomic E-state index is 11.3. The van der Waals surface area contributed by atoms with E-state index in [0.717, 1.165) is 12.8 Å². The molecule has 12 heavy (non-hydrogen) atoms. The molecule has 0 radical (unpaired) electrons. The van der Waals surface area contributed by atoms with E-state index in [4.69, 9.17) is 11.6 Å². The molecule has 0 amide bonds. The van der Waals surface area contributed by atoms with Crippen molar-refractivity contribution in [3.8, 4) is 0 Å². The van der Waals surface area contributed by atoms with Gasteiger partial charge in [0.2, 0.25) is 0 Å². The van der Waals surface area contributed by atoms with E-state index >= 15 is 0 Å². The predicted molar refractivity (Wildman–Crippen MR) is 47.3 cm³/mol. The molecule has 1 fully saturated rings. The molecule has 2 unspecified atom stereocenters. The van der Waals surface area contributed by atoms with Gasteiger partial charge in [0.25, 0.3) is 0 Å². The number of carbonyl (C=O) groups excluding carboxylic acids is 2. The monoisotopic (exact) mass is 188 g/mol. The Morgan fingerprint density at radius 2 is 2.33 bits per heavy atom. The van der Waals surface area contributed by atoms with E-state index in [-0.39, 0.29) is 16.9 Å². The summed E-state index contributed by atoms with van der Waals surface area (Å²) < 4.78 is 0. The van der Waals surface area contributed by atoms with Crippen LogP contribution < -0.4 is 0 Å². The third kappa shape index (κ3) is 1.86. The molecular formula is C9H13ClO2. The van der Waals surface area contributed by atoms with Crippen LogP contribution in [0.4, 0.5) is 0 Å². The Kier molecular flexibility index (Phi) is 3.27. The van der Waals surface area contributed by atoms with Crippen LogP contribution in [0.3, 0.4) is 0 Å². The van der Waals surface area contributed by atoms with Crippen molar-refractivity contribution in [2.75, 3.05) is 0 Å². The highest BCUT2D eigenvalue weighted by atomic mass is 35.5. The highest BCUT2D eigenvalue weighted by Crippen LogP contribution is 2.27. The lowest BCUT2D eigenvalue weighted by Crippen LogP contribution is -2.35. The molecule has 0 N–H and O–H groups in total. The first kappa shape index (κ1) is 9.72. The minimum atomic E-state index is -0.509. The fourth-order valence-electron chi connectivity index (χ4n) is 1.60. The van der Waals surface area contributed by atoms with Crippen LogP contribution in [0, 0.1) is 5.92 Å². The Morgan fingerprint density at radius 1 is 1.67 bits per heavy atom. The summed E-state index contributed by atoms with van der Waals surface area (Å²) >= 11 is 5.91. The largest absolute Gasteiger partial charge is 0.299 e. The molecule has 2 atom stereocenters. The van der Waals surface area contributed by atoms with Gasteiger partial charge in [-0.25, -0.2) is 0 Å². The van der Waals surface area contributed by atoms with Gasteiger partial charge in [-0.2, -0.15) is 0 Å². The summed E-state index contributed by atoms with van der Waals surface area (Å²) in [6.07, 6.45) is 2.57. The summed E-state index contributed by atoms with van der Waals surface area (Å²) in [7, 11) is 0. The number of carbonyl (C=O) groups is 2. The average molecular weight is 189 g/mol. The van der Waals surface area contributed by atoms with Crippen molar-refractivity contribution in [2.45, 2.75) is 38.0 Å². The lowest BCUT2D eigenvalue weighted by atomic mass is 9.84. The van der Waals surface area contributed by atoms with E-state index in [9.17, 15) is 9.59 Å². The number of hydrogen-bond donors (Lipinski definition) is 0. The first-order valence-corrected chi connectivity index (χ1v) is 4.80. The smallest absolute Gasteiger partial charge is 0.144 e. The van der Waals surface area contributed by atoms with Gasteiger partial charge >= 0.3 is 0 Å². The van der Waals surface area contributed by atoms with Gasteiger partial charge in [0.05, 0.1) is 11.3 Å². The van der Waals surface area contributed by atoms with Crippen LogP contribution in [0.25, 0.3) is 0 Å². The van der Waals surface area contributed by atoms with E-state index in [1.54, 1.807) is 6.92 Å². The minimum Gasteiger partial charge on any atom is -0.299 e. The number of alkyl halides is 1. The fourth-order valence-corrected chi connectivity index (χ4v) is 2.03. The van der Waals surface area contributed by atoms with Gasteiger partial charge in [-0.15, -0.1) is 11.6 Å². The molecule has 0 saturated heterocycles. The Morgan fingerprint density at radius 3 is 2.83 bits per heavy atom. The summed E-state index contributed by atoms with van der Waals surface area (Å²) in [5, 5.41) is -0.251. The van der Waals surface area contributed by atoms with Gasteiger partial charge in [-0.1, -0.05) is 6.92 Å². The quantitative estimate of drug-likeness (QED) is 0.490. The summed E-state index contributed by atoms with van der Waals surface area (Å²) in [5.41, 5.74) is 0. The van der Waals surface area contributed by atoms with Gasteiger partial charge < -0.3 is 0 Å². The van der Waals surface area contributed by atoms with Gasteiger partial charge in [-0.3, -0.25) is 9.59 Å². The second-order valence-electron chi connectivity index (χ2n) is 3.17. The van der Waals surface area contributed by atoms with Gasteiger partial charge in [0, 0.05) is 12.8 Å². The number of Topliss-reactive ketones (excluding diaryl/α,β-unsaturated/α-hetero) is 2. The van der Waals surface area contributed by atoms with Crippen LogP contribution in [0.2, 0.25) is 0 Å². The number of ketones is 2. The van der Waals surface area contributed by atoms with Crippen molar-refractivity contribution < 1.29 is 9.59 Å². The molecule has 3 heteroatoms. The molecule has 1 aliphatic carbocycles. The van der Waals surface area contributed by atoms with Gasteiger partial charge in [0.15, 0.2) is 0 Å². The van der Waals surface area contributed by atoms with Crippen molar-refractivity contribution in [3.63, 3.8) is 0 Å². The molecule has 1 saturated carbocycles. The number of rotatable bonds is 2. The predicted octanol–water partition coefficient (Wildman–Crippen LogP) is 1.94. The Bertz CT molecular complexity index is 193. The van der Waals surface area contributed by atoms with Crippen LogP contribution >= 0.6 is 11.6 Å². The second kappa shape index (κ2) is 4.04. The normalized spacial score (nSPS) is 30.3. The summed E-state index contributed by atoms with van der Waals surface area (Å²) in [6.45, 7) is 1.77. The van der Waals surface area contributed by atoms with E-state index in [2.05, 4.69) is 0 Å². The zero-order valence-corrected chi connectivity index (χ0v) is 7.93. The second-order valence-corrected chi connectivity index (χ2v) is 3.73. The van der Waals surface area contributed by atoms with Crippen LogP contribution in [-0.2, 0) is 9.59 Å². The van der Waals surface area contributed by atoms with Crippen LogP contribution in [0.15, 0.2) is 0 Å². The SMILES string of the molecule is CCC(=O)C1C(=O)CCCC1Cl. The zero-order valence-electron chi connectivity index (χ0n) is 7.18. The first-order chi connectivity index (χ1) is 5.66. The molecule has 0 aliphatic heterocycles. The topological polar surface area (TPSA) is 34.1 Å². The fraction of sp³-hybridized carbons (Fsp3) is 0.778. The number of hydrogen-bond acceptors (Lipinski definition) is 2. The van der Waals surface area contributed by atoms with Gasteiger partial charge in [0.1, 0.15) is 11.6 Å².